The van der Waals surface area contributed by atoms with Gasteiger partial charge in [0.1, 0.15) is 6.04 Å². The van der Waals surface area contributed by atoms with E-state index < -0.39 is 6.04 Å². The fraction of sp³-hybridized carbons (Fsp3) is 0.474. The summed E-state index contributed by atoms with van der Waals surface area (Å²) in [5.74, 6) is 0.419. The second-order valence-corrected chi connectivity index (χ2v) is 7.03. The fourth-order valence-corrected chi connectivity index (χ4v) is 3.05. The van der Waals surface area contributed by atoms with Gasteiger partial charge in [-0.25, -0.2) is 0 Å². The van der Waals surface area contributed by atoms with Crippen LogP contribution in [-0.2, 0) is 22.7 Å². The minimum atomic E-state index is -0.513. The van der Waals surface area contributed by atoms with Crippen LogP contribution in [0, 0.1) is 5.92 Å². The molecule has 2 amide bonds. The maximum atomic E-state index is 12.7. The van der Waals surface area contributed by atoms with E-state index in [0.29, 0.717) is 32.0 Å². The van der Waals surface area contributed by atoms with Crippen molar-refractivity contribution in [1.29, 1.82) is 0 Å². The summed E-state index contributed by atoms with van der Waals surface area (Å²) in [4.78, 5) is 31.2. The monoisotopic (exact) mass is 355 g/mol. The number of hydrogen-bond acceptors (Lipinski definition) is 4. The summed E-state index contributed by atoms with van der Waals surface area (Å²) in [6.45, 7) is 5.41. The molecule has 1 N–H and O–H groups in total. The summed E-state index contributed by atoms with van der Waals surface area (Å²) in [6.07, 6.45) is 4.73. The molecule has 1 aliphatic rings. The van der Waals surface area contributed by atoms with E-state index in [1.165, 1.54) is 0 Å². The fourth-order valence-electron chi connectivity index (χ4n) is 3.05. The first-order valence-corrected chi connectivity index (χ1v) is 9.02. The third kappa shape index (κ3) is 4.28. The van der Waals surface area contributed by atoms with Gasteiger partial charge in [0.15, 0.2) is 0 Å². The highest BCUT2D eigenvalue weighted by molar-refractivity contribution is 5.82. The van der Waals surface area contributed by atoms with Crippen molar-refractivity contribution in [2.75, 3.05) is 6.54 Å². The zero-order valence-electron chi connectivity index (χ0n) is 15.3. The molecule has 7 nitrogen and oxygen atoms in total. The summed E-state index contributed by atoms with van der Waals surface area (Å²) in [5, 5.41) is 7.19. The molecule has 0 unspecified atom stereocenters. The van der Waals surface area contributed by atoms with E-state index in [0.717, 1.165) is 17.8 Å². The van der Waals surface area contributed by atoms with Gasteiger partial charge in [0.25, 0.3) is 0 Å². The van der Waals surface area contributed by atoms with Gasteiger partial charge in [-0.15, -0.1) is 0 Å². The van der Waals surface area contributed by atoms with Gasteiger partial charge in [0.2, 0.25) is 11.8 Å². The molecular weight excluding hydrogens is 330 g/mol. The van der Waals surface area contributed by atoms with Crippen LogP contribution in [0.4, 0.5) is 0 Å². The van der Waals surface area contributed by atoms with Gasteiger partial charge < -0.3 is 10.2 Å². The Morgan fingerprint density at radius 1 is 1.27 bits per heavy atom. The Morgan fingerprint density at radius 3 is 2.85 bits per heavy atom. The normalized spacial score (nSPS) is 16.4. The van der Waals surface area contributed by atoms with Gasteiger partial charge in [-0.2, -0.15) is 5.10 Å². The van der Waals surface area contributed by atoms with E-state index in [1.54, 1.807) is 22.0 Å². The lowest BCUT2D eigenvalue weighted by Gasteiger charge is -2.33. The lowest BCUT2D eigenvalue weighted by atomic mass is 10.1. The zero-order valence-corrected chi connectivity index (χ0v) is 15.3. The molecular formula is C19H25N5O2. The van der Waals surface area contributed by atoms with Gasteiger partial charge in [0.05, 0.1) is 31.0 Å². The molecule has 3 rings (SSSR count). The Bertz CT molecular complexity index is 756. The number of carbonyl (C=O) groups excluding carboxylic acids is 2. The van der Waals surface area contributed by atoms with Gasteiger partial charge in [-0.3, -0.25) is 19.3 Å². The van der Waals surface area contributed by atoms with E-state index in [9.17, 15) is 9.59 Å². The second-order valence-electron chi connectivity index (χ2n) is 7.03. The van der Waals surface area contributed by atoms with E-state index in [4.69, 9.17) is 0 Å². The second kappa shape index (κ2) is 8.12. The number of rotatable bonds is 6. The predicted molar refractivity (Wildman–Crippen MR) is 96.8 cm³/mol. The number of fused-ring (bicyclic) bond motifs is 1. The molecule has 2 aromatic heterocycles. The van der Waals surface area contributed by atoms with Crippen molar-refractivity contribution in [1.82, 2.24) is 25.0 Å². The first-order chi connectivity index (χ1) is 12.5. The number of hydrogen-bond donors (Lipinski definition) is 1. The lowest BCUT2D eigenvalue weighted by molar-refractivity contribution is -0.135. The molecule has 0 spiro atoms. The van der Waals surface area contributed by atoms with Gasteiger partial charge in [-0.1, -0.05) is 19.9 Å². The van der Waals surface area contributed by atoms with Crippen molar-refractivity contribution in [3.63, 3.8) is 0 Å². The molecule has 0 aliphatic carbocycles. The van der Waals surface area contributed by atoms with Crippen LogP contribution in [-0.4, -0.2) is 38.0 Å². The quantitative estimate of drug-likeness (QED) is 0.858. The average Bonchev–Trinajstić information content (AvgIpc) is 3.12. The molecule has 0 saturated heterocycles. The first-order valence-electron chi connectivity index (χ1n) is 9.02. The Hall–Kier alpha value is -2.70. The van der Waals surface area contributed by atoms with Crippen molar-refractivity contribution in [2.24, 2.45) is 5.92 Å². The highest BCUT2D eigenvalue weighted by Gasteiger charge is 2.32. The van der Waals surface area contributed by atoms with E-state index in [1.807, 2.05) is 24.3 Å². The van der Waals surface area contributed by atoms with Crippen LogP contribution in [0.3, 0.4) is 0 Å². The molecule has 0 fully saturated rings. The van der Waals surface area contributed by atoms with Crippen LogP contribution in [0.5, 0.6) is 0 Å². The number of carbonyl (C=O) groups is 2. The van der Waals surface area contributed by atoms with Crippen LogP contribution in [0.15, 0.2) is 36.7 Å². The molecule has 26 heavy (non-hydrogen) atoms. The summed E-state index contributed by atoms with van der Waals surface area (Å²) < 4.78 is 1.72. The van der Waals surface area contributed by atoms with Crippen molar-refractivity contribution < 1.29 is 9.59 Å². The van der Waals surface area contributed by atoms with Gasteiger partial charge in [0, 0.05) is 18.8 Å². The zero-order chi connectivity index (χ0) is 18.5. The molecule has 3 heterocycles. The average molecular weight is 355 g/mol. The summed E-state index contributed by atoms with van der Waals surface area (Å²) in [7, 11) is 0. The molecule has 0 bridgehead atoms. The minimum Gasteiger partial charge on any atom is -0.349 e. The van der Waals surface area contributed by atoms with Gasteiger partial charge >= 0.3 is 0 Å². The van der Waals surface area contributed by atoms with E-state index in [-0.39, 0.29) is 11.8 Å². The molecule has 2 aromatic rings. The van der Waals surface area contributed by atoms with Crippen LogP contribution in [0.2, 0.25) is 0 Å². The summed E-state index contributed by atoms with van der Waals surface area (Å²) in [6, 6.07) is 6.93. The molecule has 138 valence electrons. The third-order valence-corrected chi connectivity index (χ3v) is 4.55. The van der Waals surface area contributed by atoms with Crippen molar-refractivity contribution in [3.8, 4) is 0 Å². The number of nitrogens with zero attached hydrogens (tertiary/aromatic N) is 4. The Labute approximate surface area is 153 Å². The maximum absolute atomic E-state index is 12.7. The number of aromatic nitrogens is 3. The van der Waals surface area contributed by atoms with Crippen molar-refractivity contribution in [3.05, 3.63) is 48.0 Å². The largest absolute Gasteiger partial charge is 0.349 e. The number of pyridine rings is 1. The lowest BCUT2D eigenvalue weighted by Crippen LogP contribution is -2.47. The predicted octanol–water partition coefficient (Wildman–Crippen LogP) is 1.91. The Kier molecular flexibility index (Phi) is 5.65. The summed E-state index contributed by atoms with van der Waals surface area (Å²) in [5.41, 5.74) is 1.68. The number of amides is 2. The molecule has 1 aliphatic heterocycles. The van der Waals surface area contributed by atoms with Crippen LogP contribution in [0.25, 0.3) is 0 Å². The molecule has 7 heteroatoms. The SMILES string of the molecule is CC(C)CCC(=O)N1Cc2ccnn2[C@H](C(=O)NCc2ccccn2)C1. The van der Waals surface area contributed by atoms with Gasteiger partial charge in [-0.05, 0) is 30.5 Å². The maximum Gasteiger partial charge on any atom is 0.247 e. The Morgan fingerprint density at radius 2 is 2.12 bits per heavy atom. The van der Waals surface area contributed by atoms with Crippen LogP contribution in [0.1, 0.15) is 44.1 Å². The van der Waals surface area contributed by atoms with Crippen LogP contribution >= 0.6 is 0 Å². The highest BCUT2D eigenvalue weighted by Crippen LogP contribution is 2.22. The molecule has 0 saturated carbocycles. The minimum absolute atomic E-state index is 0.0914. The molecule has 1 atom stereocenters. The highest BCUT2D eigenvalue weighted by atomic mass is 16.2. The molecule has 0 radical (unpaired) electrons. The summed E-state index contributed by atoms with van der Waals surface area (Å²) >= 11 is 0. The third-order valence-electron chi connectivity index (χ3n) is 4.55. The van der Waals surface area contributed by atoms with Crippen molar-refractivity contribution in [2.45, 2.75) is 45.8 Å². The standard InChI is InChI=1S/C19H25N5O2/c1-14(2)6-7-18(25)23-12-16-8-10-22-24(16)17(13-23)19(26)21-11-15-5-3-4-9-20-15/h3-5,8-10,14,17H,6-7,11-13H2,1-2H3,(H,21,26)/t17-/m0/s1. The topological polar surface area (TPSA) is 80.1 Å². The number of nitrogens with one attached hydrogen (secondary N) is 1. The first kappa shape index (κ1) is 18.1. The molecule has 0 aromatic carbocycles. The van der Waals surface area contributed by atoms with Crippen LogP contribution < -0.4 is 5.32 Å². The van der Waals surface area contributed by atoms with E-state index >= 15 is 0 Å². The smallest absolute Gasteiger partial charge is 0.247 e. The Balaban J connectivity index is 1.67. The van der Waals surface area contributed by atoms with Crippen molar-refractivity contribution >= 4 is 11.8 Å². The van der Waals surface area contributed by atoms with E-state index in [2.05, 4.69) is 29.2 Å².